The topological polar surface area (TPSA) is 44.5 Å². The molecule has 0 saturated heterocycles. The van der Waals surface area contributed by atoms with Gasteiger partial charge in [-0.2, -0.15) is 5.26 Å². The molecule has 1 aromatic carbocycles. The Kier molecular flexibility index (Phi) is 3.51. The molecule has 0 aliphatic rings. The van der Waals surface area contributed by atoms with Crippen molar-refractivity contribution in [1.82, 2.24) is 9.55 Å². The normalized spacial score (nSPS) is 12.0. The van der Waals surface area contributed by atoms with Gasteiger partial charge in [-0.05, 0) is 35.7 Å². The summed E-state index contributed by atoms with van der Waals surface area (Å²) in [5.41, 5.74) is 2.65. The number of rotatable bonds is 3. The van der Waals surface area contributed by atoms with Gasteiger partial charge in [-0.15, -0.1) is 0 Å². The van der Waals surface area contributed by atoms with Crippen molar-refractivity contribution in [2.24, 2.45) is 11.3 Å². The molecule has 0 atom stereocenters. The van der Waals surface area contributed by atoms with Gasteiger partial charge in [-0.1, -0.05) is 33.8 Å². The fourth-order valence-corrected chi connectivity index (χ4v) is 2.29. The van der Waals surface area contributed by atoms with Crippen LogP contribution in [0.5, 0.6) is 0 Å². The number of hydrogen-bond donors (Lipinski definition) is 1. The number of nitrogens with one attached hydrogen (secondary N) is 1. The average Bonchev–Trinajstić information content (AvgIpc) is 2.65. The summed E-state index contributed by atoms with van der Waals surface area (Å²) in [6.45, 7) is 9.77. The summed E-state index contributed by atoms with van der Waals surface area (Å²) in [7, 11) is 0. The van der Waals surface area contributed by atoms with Gasteiger partial charge in [0.2, 0.25) is 0 Å². The van der Waals surface area contributed by atoms with Gasteiger partial charge in [-0.25, -0.2) is 0 Å². The fourth-order valence-electron chi connectivity index (χ4n) is 2.02. The molecule has 0 spiro atoms. The molecule has 0 unspecified atom stereocenters. The van der Waals surface area contributed by atoms with Gasteiger partial charge in [-0.3, -0.25) is 0 Å². The Morgan fingerprint density at radius 2 is 2.11 bits per heavy atom. The first-order valence-electron chi connectivity index (χ1n) is 6.48. The predicted molar refractivity (Wildman–Crippen MR) is 80.5 cm³/mol. The first-order chi connectivity index (χ1) is 8.86. The van der Waals surface area contributed by atoms with Crippen LogP contribution in [-0.2, 0) is 6.54 Å². The number of aromatic amines is 1. The summed E-state index contributed by atoms with van der Waals surface area (Å²) in [4.78, 5) is 3.16. The summed E-state index contributed by atoms with van der Waals surface area (Å²) in [5, 5.41) is 9.14. The zero-order chi connectivity index (χ0) is 14.2. The second-order valence-corrected chi connectivity index (χ2v) is 6.36. The van der Waals surface area contributed by atoms with Crippen LogP contribution >= 0.6 is 12.2 Å². The van der Waals surface area contributed by atoms with Gasteiger partial charge in [0.15, 0.2) is 4.77 Å². The molecule has 0 aliphatic heterocycles. The summed E-state index contributed by atoms with van der Waals surface area (Å²) in [6, 6.07) is 7.93. The number of imidazole rings is 1. The molecule has 4 heteroatoms. The lowest BCUT2D eigenvalue weighted by Gasteiger charge is -2.29. The maximum Gasteiger partial charge on any atom is 0.178 e. The zero-order valence-electron chi connectivity index (χ0n) is 11.8. The van der Waals surface area contributed by atoms with Crippen LogP contribution in [0.3, 0.4) is 0 Å². The lowest BCUT2D eigenvalue weighted by atomic mass is 9.81. The average molecular weight is 273 g/mol. The molecule has 0 saturated carbocycles. The smallest absolute Gasteiger partial charge is 0.178 e. The van der Waals surface area contributed by atoms with Gasteiger partial charge in [0.25, 0.3) is 0 Å². The highest BCUT2D eigenvalue weighted by molar-refractivity contribution is 7.71. The van der Waals surface area contributed by atoms with E-state index in [2.05, 4.69) is 43.3 Å². The van der Waals surface area contributed by atoms with E-state index in [1.165, 1.54) is 0 Å². The minimum Gasteiger partial charge on any atom is -0.329 e. The molecule has 0 fully saturated rings. The van der Waals surface area contributed by atoms with Crippen molar-refractivity contribution in [3.63, 3.8) is 0 Å². The molecule has 0 bridgehead atoms. The summed E-state index contributed by atoms with van der Waals surface area (Å²) >= 11 is 5.41. The fraction of sp³-hybridized carbons (Fsp3) is 0.467. The van der Waals surface area contributed by atoms with Gasteiger partial charge in [0.1, 0.15) is 6.07 Å². The Labute approximate surface area is 118 Å². The Balaban J connectivity index is 2.60. The lowest BCUT2D eigenvalue weighted by molar-refractivity contribution is 0.212. The molecule has 2 aromatic rings. The highest BCUT2D eigenvalue weighted by atomic mass is 32.1. The van der Waals surface area contributed by atoms with Crippen LogP contribution in [0, 0.1) is 27.4 Å². The van der Waals surface area contributed by atoms with Crippen LogP contribution < -0.4 is 0 Å². The van der Waals surface area contributed by atoms with Crippen molar-refractivity contribution in [1.29, 1.82) is 5.26 Å². The number of hydrogen-bond acceptors (Lipinski definition) is 2. The minimum absolute atomic E-state index is 0.149. The molecular formula is C15H19N3S. The number of nitrogens with zero attached hydrogens (tertiary/aromatic N) is 2. The number of para-hydroxylation sites is 1. The monoisotopic (exact) mass is 273 g/mol. The van der Waals surface area contributed by atoms with Crippen LogP contribution in [0.25, 0.3) is 11.0 Å². The first-order valence-corrected chi connectivity index (χ1v) is 6.89. The molecule has 0 radical (unpaired) electrons. The molecule has 19 heavy (non-hydrogen) atoms. The van der Waals surface area contributed by atoms with Crippen molar-refractivity contribution >= 4 is 23.3 Å². The van der Waals surface area contributed by atoms with Gasteiger partial charge >= 0.3 is 0 Å². The molecule has 0 aliphatic carbocycles. The summed E-state index contributed by atoms with van der Waals surface area (Å²) in [5.74, 6) is 0.554. The molecular weight excluding hydrogens is 254 g/mol. The van der Waals surface area contributed by atoms with Crippen molar-refractivity contribution < 1.29 is 0 Å². The van der Waals surface area contributed by atoms with E-state index in [1.807, 2.05) is 18.2 Å². The Morgan fingerprint density at radius 3 is 2.68 bits per heavy atom. The third-order valence-corrected chi connectivity index (χ3v) is 4.38. The predicted octanol–water partition coefficient (Wildman–Crippen LogP) is 4.25. The number of H-pyrrole nitrogens is 1. The number of benzene rings is 1. The second-order valence-electron chi connectivity index (χ2n) is 5.97. The van der Waals surface area contributed by atoms with Gasteiger partial charge < -0.3 is 9.55 Å². The first kappa shape index (κ1) is 13.8. The highest BCUT2D eigenvalue weighted by Gasteiger charge is 2.24. The summed E-state index contributed by atoms with van der Waals surface area (Å²) < 4.78 is 2.79. The Morgan fingerprint density at radius 1 is 1.42 bits per heavy atom. The maximum atomic E-state index is 9.14. The van der Waals surface area contributed by atoms with Gasteiger partial charge in [0.05, 0.1) is 16.6 Å². The van der Waals surface area contributed by atoms with E-state index in [1.54, 1.807) is 0 Å². The molecule has 0 amide bonds. The van der Waals surface area contributed by atoms with Crippen LogP contribution in [0.2, 0.25) is 0 Å². The molecule has 100 valence electrons. The summed E-state index contributed by atoms with van der Waals surface area (Å²) in [6.07, 6.45) is 0. The third-order valence-electron chi connectivity index (χ3n) is 4.06. The molecule has 1 aromatic heterocycles. The van der Waals surface area contributed by atoms with E-state index in [9.17, 15) is 0 Å². The number of fused-ring (bicyclic) bond motifs is 1. The van der Waals surface area contributed by atoms with Gasteiger partial charge in [0, 0.05) is 6.54 Å². The molecule has 2 rings (SSSR count). The zero-order valence-corrected chi connectivity index (χ0v) is 12.6. The van der Waals surface area contributed by atoms with Crippen LogP contribution in [0.4, 0.5) is 0 Å². The minimum atomic E-state index is 0.149. The number of aromatic nitrogens is 2. The van der Waals surface area contributed by atoms with Crippen LogP contribution in [-0.4, -0.2) is 9.55 Å². The van der Waals surface area contributed by atoms with Crippen LogP contribution in [0.15, 0.2) is 18.2 Å². The van der Waals surface area contributed by atoms with E-state index >= 15 is 0 Å². The van der Waals surface area contributed by atoms with Crippen molar-refractivity contribution in [2.45, 2.75) is 34.2 Å². The molecule has 1 heterocycles. The largest absolute Gasteiger partial charge is 0.329 e. The van der Waals surface area contributed by atoms with Crippen LogP contribution in [0.1, 0.15) is 33.3 Å². The van der Waals surface area contributed by atoms with Crippen molar-refractivity contribution in [3.05, 3.63) is 28.5 Å². The van der Waals surface area contributed by atoms with E-state index < -0.39 is 0 Å². The van der Waals surface area contributed by atoms with Crippen molar-refractivity contribution in [3.8, 4) is 6.07 Å². The second kappa shape index (κ2) is 4.82. The Bertz CT molecular complexity index is 698. The van der Waals surface area contributed by atoms with E-state index in [-0.39, 0.29) is 5.41 Å². The quantitative estimate of drug-likeness (QED) is 0.849. The maximum absolute atomic E-state index is 9.14. The SMILES string of the molecule is CC(C)C(C)(C)Cn1c(=S)[nH]c2c(C#N)cccc21. The Hall–Kier alpha value is -1.60. The van der Waals surface area contributed by atoms with E-state index in [0.29, 0.717) is 16.3 Å². The molecule has 1 N–H and O–H groups in total. The highest BCUT2D eigenvalue weighted by Crippen LogP contribution is 2.30. The molecule has 3 nitrogen and oxygen atoms in total. The van der Waals surface area contributed by atoms with Crippen molar-refractivity contribution in [2.75, 3.05) is 0 Å². The number of nitriles is 1. The standard InChI is InChI=1S/C15H19N3S/c1-10(2)15(3,4)9-18-12-7-5-6-11(8-16)13(12)17-14(18)19/h5-7,10H,9H2,1-4H3,(H,17,19). The third kappa shape index (κ3) is 2.43. The van der Waals surface area contributed by atoms with E-state index in [4.69, 9.17) is 17.5 Å². The van der Waals surface area contributed by atoms with E-state index in [0.717, 1.165) is 17.6 Å². The lowest BCUT2D eigenvalue weighted by Crippen LogP contribution is -2.25.